The Hall–Kier alpha value is -2.58. The number of hydrogen-bond donors (Lipinski definition) is 0. The average molecular weight is 428 g/mol. The molecule has 0 spiro atoms. The smallest absolute Gasteiger partial charge is 0.294 e. The first-order valence-electron chi connectivity index (χ1n) is 10.2. The number of carbonyl (C=O) groups excluding carboxylic acids is 3. The summed E-state index contributed by atoms with van der Waals surface area (Å²) in [5, 5.41) is 0.632. The Morgan fingerprint density at radius 1 is 1.23 bits per heavy atom. The Morgan fingerprint density at radius 2 is 1.97 bits per heavy atom. The Balaban J connectivity index is 1.58. The molecule has 2 saturated heterocycles. The fourth-order valence-electron chi connectivity index (χ4n) is 3.73. The Morgan fingerprint density at radius 3 is 2.70 bits per heavy atom. The Bertz CT molecular complexity index is 1020. The fourth-order valence-corrected chi connectivity index (χ4v) is 4.56. The fraction of sp³-hybridized carbons (Fsp3) is 0.409. The molecule has 0 aliphatic carbocycles. The second kappa shape index (κ2) is 8.65. The van der Waals surface area contributed by atoms with Crippen molar-refractivity contribution in [2.24, 2.45) is 0 Å². The Labute approximate surface area is 179 Å². The third kappa shape index (κ3) is 3.89. The molecular weight excluding hydrogens is 402 g/mol. The third-order valence-corrected chi connectivity index (χ3v) is 6.56. The van der Waals surface area contributed by atoms with Crippen LogP contribution in [0, 0.1) is 0 Å². The van der Waals surface area contributed by atoms with E-state index in [-0.39, 0.29) is 12.5 Å². The van der Waals surface area contributed by atoms with Crippen LogP contribution in [0.5, 0.6) is 0 Å². The number of ether oxygens (including phenoxy) is 1. The van der Waals surface area contributed by atoms with Gasteiger partial charge >= 0.3 is 0 Å². The van der Waals surface area contributed by atoms with Gasteiger partial charge in [-0.1, -0.05) is 25.1 Å². The summed E-state index contributed by atoms with van der Waals surface area (Å²) < 4.78 is 7.45. The van der Waals surface area contributed by atoms with Gasteiger partial charge in [0.15, 0.2) is 0 Å². The second-order valence-corrected chi connectivity index (χ2v) is 8.52. The number of thioether (sulfide) groups is 1. The summed E-state index contributed by atoms with van der Waals surface area (Å²) in [6.45, 7) is 6.00. The van der Waals surface area contributed by atoms with Gasteiger partial charge in [0.2, 0.25) is 5.91 Å². The molecule has 1 aromatic heterocycles. The van der Waals surface area contributed by atoms with Gasteiger partial charge in [-0.15, -0.1) is 0 Å². The van der Waals surface area contributed by atoms with E-state index in [9.17, 15) is 14.4 Å². The topological polar surface area (TPSA) is 71.8 Å². The largest absolute Gasteiger partial charge is 0.378 e. The second-order valence-electron chi connectivity index (χ2n) is 7.53. The van der Waals surface area contributed by atoms with Crippen LogP contribution >= 0.6 is 11.8 Å². The standard InChI is InChI=1S/C22H25N3O4S/c1-3-15(2)24-13-16(17-6-4-5-7-18(17)24)12-19-21(27)25(22(28)30-19)14-20(26)23-8-10-29-11-9-23/h4-7,12-13,15H,3,8-11,14H2,1-2H3/b19-12-/t15-/m0/s1. The number of carbonyl (C=O) groups is 3. The van der Waals surface area contributed by atoms with Crippen LogP contribution in [-0.4, -0.2) is 64.3 Å². The number of imide groups is 1. The first-order valence-corrected chi connectivity index (χ1v) is 11.0. The molecule has 3 amide bonds. The van der Waals surface area contributed by atoms with Gasteiger partial charge in [0.05, 0.1) is 18.1 Å². The minimum absolute atomic E-state index is 0.226. The van der Waals surface area contributed by atoms with Crippen molar-refractivity contribution < 1.29 is 19.1 Å². The van der Waals surface area contributed by atoms with Crippen LogP contribution in [0.15, 0.2) is 35.4 Å². The minimum Gasteiger partial charge on any atom is -0.378 e. The summed E-state index contributed by atoms with van der Waals surface area (Å²) in [4.78, 5) is 40.9. The van der Waals surface area contributed by atoms with E-state index in [4.69, 9.17) is 4.74 Å². The summed E-state index contributed by atoms with van der Waals surface area (Å²) >= 11 is 0.891. The number of morpholine rings is 1. The van der Waals surface area contributed by atoms with Crippen molar-refractivity contribution in [3.8, 4) is 0 Å². The lowest BCUT2D eigenvalue weighted by atomic mass is 10.1. The van der Waals surface area contributed by atoms with E-state index in [2.05, 4.69) is 24.5 Å². The van der Waals surface area contributed by atoms with E-state index in [1.165, 1.54) is 0 Å². The monoisotopic (exact) mass is 427 g/mol. The molecule has 0 saturated carbocycles. The van der Waals surface area contributed by atoms with Crippen LogP contribution in [0.3, 0.4) is 0 Å². The number of amides is 3. The van der Waals surface area contributed by atoms with E-state index >= 15 is 0 Å². The zero-order chi connectivity index (χ0) is 21.3. The van der Waals surface area contributed by atoms with Crippen LogP contribution in [0.4, 0.5) is 4.79 Å². The average Bonchev–Trinajstić information content (AvgIpc) is 3.26. The molecule has 2 aliphatic heterocycles. The normalized spacial score (nSPS) is 19.9. The molecule has 0 unspecified atom stereocenters. The highest BCUT2D eigenvalue weighted by Crippen LogP contribution is 2.35. The van der Waals surface area contributed by atoms with Gasteiger partial charge in [-0.25, -0.2) is 0 Å². The van der Waals surface area contributed by atoms with Crippen molar-refractivity contribution >= 4 is 45.8 Å². The molecule has 8 heteroatoms. The van der Waals surface area contributed by atoms with Crippen LogP contribution in [0.1, 0.15) is 31.9 Å². The third-order valence-electron chi connectivity index (χ3n) is 5.65. The highest BCUT2D eigenvalue weighted by molar-refractivity contribution is 8.18. The predicted octanol–water partition coefficient (Wildman–Crippen LogP) is 3.51. The number of fused-ring (bicyclic) bond motifs is 1. The van der Waals surface area contributed by atoms with Crippen LogP contribution in [0.25, 0.3) is 17.0 Å². The Kier molecular flexibility index (Phi) is 5.97. The zero-order valence-corrected chi connectivity index (χ0v) is 18.0. The van der Waals surface area contributed by atoms with Crippen molar-refractivity contribution in [3.63, 3.8) is 0 Å². The number of rotatable bonds is 5. The molecule has 1 aromatic carbocycles. The van der Waals surface area contributed by atoms with Gasteiger partial charge in [0, 0.05) is 41.8 Å². The van der Waals surface area contributed by atoms with Gasteiger partial charge in [-0.2, -0.15) is 0 Å². The summed E-state index contributed by atoms with van der Waals surface area (Å²) in [6, 6.07) is 8.36. The lowest BCUT2D eigenvalue weighted by Crippen LogP contribution is -2.46. The van der Waals surface area contributed by atoms with Crippen molar-refractivity contribution in [2.75, 3.05) is 32.8 Å². The molecule has 158 valence electrons. The molecule has 0 radical (unpaired) electrons. The zero-order valence-electron chi connectivity index (χ0n) is 17.2. The minimum atomic E-state index is -0.410. The maximum atomic E-state index is 12.9. The first-order chi connectivity index (χ1) is 14.5. The van der Waals surface area contributed by atoms with Gasteiger partial charge < -0.3 is 14.2 Å². The van der Waals surface area contributed by atoms with Crippen molar-refractivity contribution in [1.82, 2.24) is 14.4 Å². The molecule has 3 heterocycles. The highest BCUT2D eigenvalue weighted by atomic mass is 32.2. The number of aromatic nitrogens is 1. The van der Waals surface area contributed by atoms with E-state index < -0.39 is 11.1 Å². The van der Waals surface area contributed by atoms with Gasteiger partial charge in [-0.3, -0.25) is 19.3 Å². The van der Waals surface area contributed by atoms with E-state index in [1.807, 2.05) is 24.4 Å². The molecule has 0 N–H and O–H groups in total. The first kappa shape index (κ1) is 20.7. The number of nitrogens with zero attached hydrogens (tertiary/aromatic N) is 3. The summed E-state index contributed by atoms with van der Waals surface area (Å²) in [5.41, 5.74) is 2.00. The van der Waals surface area contributed by atoms with Gasteiger partial charge in [-0.05, 0) is 37.2 Å². The molecule has 0 bridgehead atoms. The summed E-state index contributed by atoms with van der Waals surface area (Å²) in [5.74, 6) is -0.637. The van der Waals surface area contributed by atoms with Crippen molar-refractivity contribution in [3.05, 3.63) is 40.9 Å². The molecule has 2 aromatic rings. The molecule has 2 fully saturated rings. The van der Waals surface area contributed by atoms with Crippen LogP contribution < -0.4 is 0 Å². The SMILES string of the molecule is CC[C@H](C)n1cc(/C=C2\SC(=O)N(CC(=O)N3CCOCC3)C2=O)c2ccccc21. The van der Waals surface area contributed by atoms with Crippen molar-refractivity contribution in [2.45, 2.75) is 26.3 Å². The molecule has 1 atom stereocenters. The molecule has 30 heavy (non-hydrogen) atoms. The quantitative estimate of drug-likeness (QED) is 0.683. The van der Waals surface area contributed by atoms with E-state index in [1.54, 1.807) is 11.0 Å². The number of benzene rings is 1. The summed E-state index contributed by atoms with van der Waals surface area (Å²) in [6.07, 6.45) is 4.79. The van der Waals surface area contributed by atoms with E-state index in [0.717, 1.165) is 39.5 Å². The molecular formula is C22H25N3O4S. The lowest BCUT2D eigenvalue weighted by Gasteiger charge is -2.28. The van der Waals surface area contributed by atoms with Crippen molar-refractivity contribution in [1.29, 1.82) is 0 Å². The maximum Gasteiger partial charge on any atom is 0.294 e. The number of hydrogen-bond acceptors (Lipinski definition) is 5. The molecule has 4 rings (SSSR count). The van der Waals surface area contributed by atoms with E-state index in [0.29, 0.717) is 37.3 Å². The van der Waals surface area contributed by atoms with Crippen LogP contribution in [-0.2, 0) is 14.3 Å². The van der Waals surface area contributed by atoms with Crippen LogP contribution in [0.2, 0.25) is 0 Å². The molecule has 7 nitrogen and oxygen atoms in total. The van der Waals surface area contributed by atoms with Gasteiger partial charge in [0.25, 0.3) is 11.1 Å². The molecule has 2 aliphatic rings. The highest BCUT2D eigenvalue weighted by Gasteiger charge is 2.37. The summed E-state index contributed by atoms with van der Waals surface area (Å²) in [7, 11) is 0. The number of para-hydroxylation sites is 1. The lowest BCUT2D eigenvalue weighted by molar-refractivity contribution is -0.139. The maximum absolute atomic E-state index is 12.9. The predicted molar refractivity (Wildman–Crippen MR) is 117 cm³/mol. The van der Waals surface area contributed by atoms with Gasteiger partial charge in [0.1, 0.15) is 6.54 Å².